The second-order valence-electron chi connectivity index (χ2n) is 2.73. The lowest BCUT2D eigenvalue weighted by molar-refractivity contribution is 0.108. The summed E-state index contributed by atoms with van der Waals surface area (Å²) in [6.45, 7) is 0. The van der Waals surface area contributed by atoms with E-state index >= 15 is 0 Å². The summed E-state index contributed by atoms with van der Waals surface area (Å²) >= 11 is 5.23. The van der Waals surface area contributed by atoms with E-state index in [-0.39, 0.29) is 5.56 Å². The molecule has 76 valence electrons. The van der Waals surface area contributed by atoms with Crippen molar-refractivity contribution in [3.63, 3.8) is 0 Å². The van der Waals surface area contributed by atoms with Crippen LogP contribution >= 0.6 is 11.6 Å². The molecule has 0 aromatic heterocycles. The second kappa shape index (κ2) is 3.98. The van der Waals surface area contributed by atoms with E-state index in [9.17, 15) is 13.2 Å². The summed E-state index contributed by atoms with van der Waals surface area (Å²) in [7, 11) is -3.32. The Morgan fingerprint density at radius 3 is 2.57 bits per heavy atom. The first-order chi connectivity index (χ1) is 6.38. The van der Waals surface area contributed by atoms with Gasteiger partial charge in [0.1, 0.15) is 0 Å². The zero-order valence-corrected chi connectivity index (χ0v) is 8.89. The molecule has 0 aliphatic carbocycles. The summed E-state index contributed by atoms with van der Waals surface area (Å²) in [4.78, 5) is 10.8. The fraction of sp³-hybridized carbons (Fsp3) is 0.125. The molecule has 0 fully saturated rings. The molecular weight excluding hydrogens is 226 g/mol. The maximum absolute atomic E-state index is 10.9. The number of benzene rings is 1. The highest BCUT2D eigenvalue weighted by Crippen LogP contribution is 2.13. The number of hydrogen-bond donors (Lipinski definition) is 1. The smallest absolute Gasteiger partial charge is 0.252 e. The lowest BCUT2D eigenvalue weighted by Crippen LogP contribution is -2.09. The van der Waals surface area contributed by atoms with Gasteiger partial charge in [0.2, 0.25) is 10.0 Å². The summed E-state index contributed by atoms with van der Waals surface area (Å²) < 4.78 is 23.9. The number of sulfonamides is 1. The molecule has 0 heterocycles. The Bertz CT molecular complexity index is 455. The van der Waals surface area contributed by atoms with E-state index in [0.29, 0.717) is 5.69 Å². The number of hydrogen-bond acceptors (Lipinski definition) is 3. The fourth-order valence-electron chi connectivity index (χ4n) is 0.919. The third-order valence-corrected chi connectivity index (χ3v) is 2.22. The van der Waals surface area contributed by atoms with Crippen LogP contribution in [0.25, 0.3) is 0 Å². The van der Waals surface area contributed by atoms with E-state index in [1.807, 2.05) is 0 Å². The van der Waals surface area contributed by atoms with Crippen molar-refractivity contribution in [2.45, 2.75) is 0 Å². The maximum atomic E-state index is 10.9. The molecule has 14 heavy (non-hydrogen) atoms. The van der Waals surface area contributed by atoms with Crippen LogP contribution in [0.2, 0.25) is 0 Å². The SMILES string of the molecule is CS(=O)(=O)Nc1cccc(C(=O)Cl)c1. The number of rotatable bonds is 3. The largest absolute Gasteiger partial charge is 0.284 e. The molecule has 0 radical (unpaired) electrons. The van der Waals surface area contributed by atoms with Gasteiger partial charge in [0.25, 0.3) is 5.24 Å². The maximum Gasteiger partial charge on any atom is 0.252 e. The molecule has 0 bridgehead atoms. The minimum absolute atomic E-state index is 0.250. The quantitative estimate of drug-likeness (QED) is 0.804. The van der Waals surface area contributed by atoms with Crippen molar-refractivity contribution in [3.8, 4) is 0 Å². The predicted octanol–water partition coefficient (Wildman–Crippen LogP) is 1.44. The van der Waals surface area contributed by atoms with Crippen molar-refractivity contribution in [2.24, 2.45) is 0 Å². The van der Waals surface area contributed by atoms with Gasteiger partial charge in [-0.25, -0.2) is 8.42 Å². The summed E-state index contributed by atoms with van der Waals surface area (Å²) in [6, 6.07) is 5.95. The Labute approximate surface area is 86.9 Å². The summed E-state index contributed by atoms with van der Waals surface area (Å²) in [5, 5.41) is -0.623. The molecule has 1 aromatic rings. The van der Waals surface area contributed by atoms with Crippen molar-refractivity contribution < 1.29 is 13.2 Å². The molecule has 4 nitrogen and oxygen atoms in total. The monoisotopic (exact) mass is 233 g/mol. The highest BCUT2D eigenvalue weighted by atomic mass is 35.5. The molecule has 6 heteroatoms. The van der Waals surface area contributed by atoms with Crippen molar-refractivity contribution in [1.29, 1.82) is 0 Å². The first kappa shape index (κ1) is 11.0. The minimum Gasteiger partial charge on any atom is -0.284 e. The molecule has 0 spiro atoms. The standard InChI is InChI=1S/C8H8ClNO3S/c1-14(12,13)10-7-4-2-3-6(5-7)8(9)11/h2-5,10H,1H3. The Morgan fingerprint density at radius 2 is 2.07 bits per heavy atom. The predicted molar refractivity (Wildman–Crippen MR) is 55.1 cm³/mol. The van der Waals surface area contributed by atoms with Crippen LogP contribution in [-0.2, 0) is 10.0 Å². The van der Waals surface area contributed by atoms with Gasteiger partial charge in [-0.15, -0.1) is 0 Å². The molecule has 0 unspecified atom stereocenters. The molecule has 1 rings (SSSR count). The second-order valence-corrected chi connectivity index (χ2v) is 4.82. The molecule has 1 N–H and O–H groups in total. The summed E-state index contributed by atoms with van der Waals surface area (Å²) in [6.07, 6.45) is 1.03. The van der Waals surface area contributed by atoms with Crippen LogP contribution in [-0.4, -0.2) is 19.9 Å². The van der Waals surface area contributed by atoms with Crippen LogP contribution in [0.5, 0.6) is 0 Å². The zero-order chi connectivity index (χ0) is 10.8. The molecule has 0 amide bonds. The van der Waals surface area contributed by atoms with Gasteiger partial charge >= 0.3 is 0 Å². The van der Waals surface area contributed by atoms with Crippen LogP contribution < -0.4 is 4.72 Å². The lowest BCUT2D eigenvalue weighted by atomic mass is 10.2. The zero-order valence-electron chi connectivity index (χ0n) is 7.32. The van der Waals surface area contributed by atoms with Gasteiger partial charge < -0.3 is 0 Å². The highest BCUT2D eigenvalue weighted by molar-refractivity contribution is 7.92. The molecule has 0 atom stereocenters. The van der Waals surface area contributed by atoms with Crippen LogP contribution in [0, 0.1) is 0 Å². The Balaban J connectivity index is 3.01. The van der Waals surface area contributed by atoms with Crippen LogP contribution in [0.15, 0.2) is 24.3 Å². The van der Waals surface area contributed by atoms with Crippen LogP contribution in [0.3, 0.4) is 0 Å². The molecular formula is C8H8ClNO3S. The van der Waals surface area contributed by atoms with Crippen molar-refractivity contribution in [3.05, 3.63) is 29.8 Å². The van der Waals surface area contributed by atoms with Gasteiger partial charge in [-0.2, -0.15) is 0 Å². The molecule has 0 aliphatic heterocycles. The number of carbonyl (C=O) groups is 1. The van der Waals surface area contributed by atoms with E-state index in [2.05, 4.69) is 4.72 Å². The van der Waals surface area contributed by atoms with Crippen molar-refractivity contribution in [2.75, 3.05) is 11.0 Å². The van der Waals surface area contributed by atoms with E-state index in [0.717, 1.165) is 6.26 Å². The Hall–Kier alpha value is -1.07. The number of halogens is 1. The topological polar surface area (TPSA) is 63.2 Å². The van der Waals surface area contributed by atoms with E-state index < -0.39 is 15.3 Å². The van der Waals surface area contributed by atoms with Crippen molar-refractivity contribution >= 4 is 32.6 Å². The highest BCUT2D eigenvalue weighted by Gasteiger charge is 2.05. The van der Waals surface area contributed by atoms with Crippen molar-refractivity contribution in [1.82, 2.24) is 0 Å². The molecule has 1 aromatic carbocycles. The van der Waals surface area contributed by atoms with Gasteiger partial charge in [-0.05, 0) is 29.8 Å². The van der Waals surface area contributed by atoms with Gasteiger partial charge in [-0.1, -0.05) is 6.07 Å². The van der Waals surface area contributed by atoms with Gasteiger partial charge in [0.15, 0.2) is 0 Å². The lowest BCUT2D eigenvalue weighted by Gasteiger charge is -2.03. The van der Waals surface area contributed by atoms with Gasteiger partial charge in [0, 0.05) is 11.3 Å². The molecule has 0 aliphatic rings. The summed E-state index contributed by atoms with van der Waals surface area (Å²) in [5.74, 6) is 0. The Morgan fingerprint density at radius 1 is 1.43 bits per heavy atom. The van der Waals surface area contributed by atoms with Gasteiger partial charge in [0.05, 0.1) is 6.26 Å². The van der Waals surface area contributed by atoms with E-state index in [1.165, 1.54) is 18.2 Å². The molecule has 0 saturated carbocycles. The van der Waals surface area contributed by atoms with E-state index in [4.69, 9.17) is 11.6 Å². The minimum atomic E-state index is -3.32. The third kappa shape index (κ3) is 3.35. The first-order valence-corrected chi connectivity index (χ1v) is 5.93. The number of anilines is 1. The number of carbonyl (C=O) groups excluding carboxylic acids is 1. The molecule has 0 saturated heterocycles. The average molecular weight is 234 g/mol. The number of nitrogens with one attached hydrogen (secondary N) is 1. The van der Waals surface area contributed by atoms with Crippen LogP contribution in [0.1, 0.15) is 10.4 Å². The first-order valence-electron chi connectivity index (χ1n) is 3.66. The fourth-order valence-corrected chi connectivity index (χ4v) is 1.59. The Kier molecular flexibility index (Phi) is 3.13. The third-order valence-electron chi connectivity index (χ3n) is 1.39. The average Bonchev–Trinajstić information content (AvgIpc) is 2.01. The summed E-state index contributed by atoms with van der Waals surface area (Å²) in [5.41, 5.74) is 0.569. The normalized spacial score (nSPS) is 11.0. The van der Waals surface area contributed by atoms with Crippen LogP contribution in [0.4, 0.5) is 5.69 Å². The van der Waals surface area contributed by atoms with E-state index in [1.54, 1.807) is 6.07 Å². The van der Waals surface area contributed by atoms with Gasteiger partial charge in [-0.3, -0.25) is 9.52 Å².